The van der Waals surface area contributed by atoms with E-state index in [2.05, 4.69) is 0 Å². The van der Waals surface area contributed by atoms with Crippen LogP contribution in [0, 0.1) is 0 Å². The van der Waals surface area contributed by atoms with Crippen molar-refractivity contribution in [3.8, 4) is 5.75 Å². The molecule has 3 rings (SSSR count). The van der Waals surface area contributed by atoms with Gasteiger partial charge in [-0.2, -0.15) is 17.0 Å². The van der Waals surface area contributed by atoms with E-state index < -0.39 is 10.2 Å². The third-order valence-electron chi connectivity index (χ3n) is 4.26. The molecule has 1 aliphatic heterocycles. The van der Waals surface area contributed by atoms with E-state index in [1.807, 2.05) is 36.4 Å². The second-order valence-corrected chi connectivity index (χ2v) is 8.12. The molecule has 0 radical (unpaired) electrons. The quantitative estimate of drug-likeness (QED) is 0.847. The molecule has 130 valence electrons. The van der Waals surface area contributed by atoms with Crippen LogP contribution in [0.3, 0.4) is 0 Å². The normalized spacial score (nSPS) is 19.8. The van der Waals surface area contributed by atoms with Crippen LogP contribution >= 0.6 is 0 Å². The SMILES string of the molecule is COc1ccc2cc([C@@H]3CN(S(=O)(=O)N(C)C)CCO3)ccc2c1. The number of nitrogens with zero attached hydrogens (tertiary/aromatic N) is 2. The zero-order chi connectivity index (χ0) is 17.3. The molecule has 0 aliphatic carbocycles. The van der Waals surface area contributed by atoms with Gasteiger partial charge in [0.05, 0.1) is 19.8 Å². The fraction of sp³-hybridized carbons (Fsp3) is 0.412. The Hall–Kier alpha value is -1.67. The first-order valence-corrected chi connectivity index (χ1v) is 9.18. The second-order valence-electron chi connectivity index (χ2n) is 5.98. The molecule has 24 heavy (non-hydrogen) atoms. The van der Waals surface area contributed by atoms with Gasteiger partial charge in [0.25, 0.3) is 10.2 Å². The lowest BCUT2D eigenvalue weighted by molar-refractivity contribution is -0.00379. The first kappa shape index (κ1) is 17.2. The predicted molar refractivity (Wildman–Crippen MR) is 93.4 cm³/mol. The number of benzene rings is 2. The maximum Gasteiger partial charge on any atom is 0.281 e. The summed E-state index contributed by atoms with van der Waals surface area (Å²) in [6.45, 7) is 1.09. The summed E-state index contributed by atoms with van der Waals surface area (Å²) in [6, 6.07) is 11.9. The number of rotatable bonds is 4. The lowest BCUT2D eigenvalue weighted by atomic mass is 10.0. The molecule has 0 aromatic heterocycles. The summed E-state index contributed by atoms with van der Waals surface area (Å²) in [5.74, 6) is 0.812. The van der Waals surface area contributed by atoms with Gasteiger partial charge in [0.1, 0.15) is 5.75 Å². The van der Waals surface area contributed by atoms with E-state index in [0.29, 0.717) is 19.7 Å². The Morgan fingerprint density at radius 2 is 1.88 bits per heavy atom. The third kappa shape index (κ3) is 3.25. The van der Waals surface area contributed by atoms with Crippen LogP contribution < -0.4 is 4.74 Å². The highest BCUT2D eigenvalue weighted by Crippen LogP contribution is 2.28. The van der Waals surface area contributed by atoms with Crippen LogP contribution in [0.5, 0.6) is 5.75 Å². The number of morpholine rings is 1. The van der Waals surface area contributed by atoms with Gasteiger partial charge in [-0.05, 0) is 34.5 Å². The molecule has 1 saturated heterocycles. The molecule has 1 heterocycles. The average molecular weight is 350 g/mol. The Kier molecular flexibility index (Phi) is 4.78. The van der Waals surface area contributed by atoms with E-state index in [0.717, 1.165) is 22.1 Å². The molecular formula is C17H22N2O4S. The third-order valence-corrected chi connectivity index (χ3v) is 6.17. The summed E-state index contributed by atoms with van der Waals surface area (Å²) in [4.78, 5) is 0. The van der Waals surface area contributed by atoms with E-state index in [1.54, 1.807) is 21.2 Å². The van der Waals surface area contributed by atoms with Crippen molar-refractivity contribution < 1.29 is 17.9 Å². The van der Waals surface area contributed by atoms with Gasteiger partial charge in [-0.15, -0.1) is 0 Å². The highest BCUT2D eigenvalue weighted by Gasteiger charge is 2.31. The number of fused-ring (bicyclic) bond motifs is 1. The van der Waals surface area contributed by atoms with Gasteiger partial charge in [0.2, 0.25) is 0 Å². The fourth-order valence-electron chi connectivity index (χ4n) is 2.84. The number of hydrogen-bond acceptors (Lipinski definition) is 4. The minimum Gasteiger partial charge on any atom is -0.497 e. The van der Waals surface area contributed by atoms with Crippen LogP contribution in [-0.4, -0.2) is 57.9 Å². The highest BCUT2D eigenvalue weighted by molar-refractivity contribution is 7.86. The van der Waals surface area contributed by atoms with E-state index in [4.69, 9.17) is 9.47 Å². The van der Waals surface area contributed by atoms with Crippen molar-refractivity contribution in [1.29, 1.82) is 0 Å². The standard InChI is InChI=1S/C17H22N2O4S/c1-18(2)24(20,21)19-8-9-23-17(12-19)15-5-4-14-11-16(22-3)7-6-13(14)10-15/h4-7,10-11,17H,8-9,12H2,1-3H3/t17-/m0/s1. The van der Waals surface area contributed by atoms with Crippen molar-refractivity contribution >= 4 is 21.0 Å². The van der Waals surface area contributed by atoms with Gasteiger partial charge in [0.15, 0.2) is 0 Å². The molecule has 0 saturated carbocycles. The van der Waals surface area contributed by atoms with Gasteiger partial charge in [-0.3, -0.25) is 0 Å². The van der Waals surface area contributed by atoms with Crippen LogP contribution in [-0.2, 0) is 14.9 Å². The Morgan fingerprint density at radius 1 is 1.17 bits per heavy atom. The molecule has 0 N–H and O–H groups in total. The number of hydrogen-bond donors (Lipinski definition) is 0. The molecule has 0 unspecified atom stereocenters. The lowest BCUT2D eigenvalue weighted by Crippen LogP contribution is -2.47. The summed E-state index contributed by atoms with van der Waals surface area (Å²) in [5, 5.41) is 2.15. The van der Waals surface area contributed by atoms with Crippen molar-refractivity contribution in [3.05, 3.63) is 42.0 Å². The first-order valence-electron chi connectivity index (χ1n) is 7.79. The molecule has 0 amide bonds. The second kappa shape index (κ2) is 6.68. The van der Waals surface area contributed by atoms with Crippen LogP contribution in [0.1, 0.15) is 11.7 Å². The van der Waals surface area contributed by atoms with E-state index in [-0.39, 0.29) is 6.10 Å². The maximum absolute atomic E-state index is 12.3. The molecule has 1 atom stereocenters. The Balaban J connectivity index is 1.87. The largest absolute Gasteiger partial charge is 0.497 e. The summed E-state index contributed by atoms with van der Waals surface area (Å²) >= 11 is 0. The molecule has 0 spiro atoms. The van der Waals surface area contributed by atoms with Gasteiger partial charge < -0.3 is 9.47 Å². The van der Waals surface area contributed by atoms with Crippen molar-refractivity contribution in [2.75, 3.05) is 40.9 Å². The average Bonchev–Trinajstić information content (AvgIpc) is 2.60. The van der Waals surface area contributed by atoms with Gasteiger partial charge >= 0.3 is 0 Å². The van der Waals surface area contributed by atoms with Crippen molar-refractivity contribution in [2.45, 2.75) is 6.10 Å². The minimum absolute atomic E-state index is 0.264. The Bertz CT molecular complexity index is 836. The summed E-state index contributed by atoms with van der Waals surface area (Å²) in [6.07, 6.45) is -0.264. The molecule has 7 heteroatoms. The maximum atomic E-state index is 12.3. The van der Waals surface area contributed by atoms with Crippen LogP contribution in [0.2, 0.25) is 0 Å². The van der Waals surface area contributed by atoms with Crippen molar-refractivity contribution in [3.63, 3.8) is 0 Å². The van der Waals surface area contributed by atoms with Crippen LogP contribution in [0.15, 0.2) is 36.4 Å². The lowest BCUT2D eigenvalue weighted by Gasteiger charge is -2.33. The first-order chi connectivity index (χ1) is 11.4. The summed E-state index contributed by atoms with van der Waals surface area (Å²) < 4.78 is 38.4. The molecule has 2 aromatic carbocycles. The topological polar surface area (TPSA) is 59.1 Å². The van der Waals surface area contributed by atoms with Crippen molar-refractivity contribution in [2.24, 2.45) is 0 Å². The van der Waals surface area contributed by atoms with Crippen LogP contribution in [0.4, 0.5) is 0 Å². The van der Waals surface area contributed by atoms with E-state index in [9.17, 15) is 8.42 Å². The Labute approximate surface area is 142 Å². The van der Waals surface area contributed by atoms with Crippen LogP contribution in [0.25, 0.3) is 10.8 Å². The van der Waals surface area contributed by atoms with Gasteiger partial charge in [0, 0.05) is 27.2 Å². The smallest absolute Gasteiger partial charge is 0.281 e. The fourth-order valence-corrected chi connectivity index (χ4v) is 3.93. The highest BCUT2D eigenvalue weighted by atomic mass is 32.2. The molecule has 6 nitrogen and oxygen atoms in total. The molecule has 2 aromatic rings. The predicted octanol–water partition coefficient (Wildman–Crippen LogP) is 2.03. The van der Waals surface area contributed by atoms with Crippen molar-refractivity contribution in [1.82, 2.24) is 8.61 Å². The molecule has 1 fully saturated rings. The number of methoxy groups -OCH3 is 1. The molecule has 1 aliphatic rings. The molecule has 0 bridgehead atoms. The van der Waals surface area contributed by atoms with Gasteiger partial charge in [-0.25, -0.2) is 0 Å². The zero-order valence-corrected chi connectivity index (χ0v) is 14.9. The Morgan fingerprint density at radius 3 is 2.58 bits per heavy atom. The molecular weight excluding hydrogens is 328 g/mol. The summed E-state index contributed by atoms with van der Waals surface area (Å²) in [7, 11) is 1.31. The zero-order valence-electron chi connectivity index (χ0n) is 14.1. The van der Waals surface area contributed by atoms with E-state index in [1.165, 1.54) is 8.61 Å². The monoisotopic (exact) mass is 350 g/mol. The summed E-state index contributed by atoms with van der Waals surface area (Å²) in [5.41, 5.74) is 0.978. The van der Waals surface area contributed by atoms with Gasteiger partial charge in [-0.1, -0.05) is 18.2 Å². The minimum atomic E-state index is -3.42. The number of ether oxygens (including phenoxy) is 2. The van der Waals surface area contributed by atoms with E-state index >= 15 is 0 Å².